The first-order chi connectivity index (χ1) is 13.7. The highest BCUT2D eigenvalue weighted by Gasteiger charge is 2.00. The second-order valence-electron chi connectivity index (χ2n) is 7.31. The molecule has 0 radical (unpaired) electrons. The summed E-state index contributed by atoms with van der Waals surface area (Å²) in [6, 6.07) is 26.8. The van der Waals surface area contributed by atoms with Crippen LogP contribution in [-0.4, -0.2) is 13.2 Å². The van der Waals surface area contributed by atoms with Crippen LogP contribution in [0, 0.1) is 5.92 Å². The molecule has 0 bridgehead atoms. The lowest BCUT2D eigenvalue weighted by Crippen LogP contribution is -2.04. The van der Waals surface area contributed by atoms with Crippen LogP contribution in [0.5, 0.6) is 11.5 Å². The monoisotopic (exact) mass is 375 g/mol. The van der Waals surface area contributed by atoms with Gasteiger partial charge in [-0.3, -0.25) is 0 Å². The van der Waals surface area contributed by atoms with Crippen LogP contribution in [0.3, 0.4) is 0 Å². The average molecular weight is 376 g/mol. The van der Waals surface area contributed by atoms with Crippen LogP contribution in [0.1, 0.15) is 25.0 Å². The molecule has 3 heteroatoms. The zero-order valence-electron chi connectivity index (χ0n) is 16.7. The SMILES string of the molecule is CC(C)COc1ccc(CNc2ccc(OCCc3ccccc3)cc2)cc1. The standard InChI is InChI=1S/C25H29NO2/c1-20(2)19-28-25-12-8-22(9-13-25)18-26-23-10-14-24(15-11-23)27-17-16-21-6-4-3-5-7-21/h3-15,20,26H,16-19H2,1-2H3. The highest BCUT2D eigenvalue weighted by Crippen LogP contribution is 2.18. The second-order valence-corrected chi connectivity index (χ2v) is 7.31. The van der Waals surface area contributed by atoms with Gasteiger partial charge in [-0.05, 0) is 53.4 Å². The lowest BCUT2D eigenvalue weighted by Gasteiger charge is -2.11. The van der Waals surface area contributed by atoms with Crippen molar-refractivity contribution in [1.29, 1.82) is 0 Å². The molecule has 0 aliphatic rings. The summed E-state index contributed by atoms with van der Waals surface area (Å²) >= 11 is 0. The molecule has 0 fully saturated rings. The number of nitrogens with one attached hydrogen (secondary N) is 1. The zero-order chi connectivity index (χ0) is 19.6. The van der Waals surface area contributed by atoms with E-state index in [4.69, 9.17) is 9.47 Å². The minimum atomic E-state index is 0.534. The maximum absolute atomic E-state index is 5.84. The molecule has 0 spiro atoms. The molecule has 0 atom stereocenters. The van der Waals surface area contributed by atoms with Gasteiger partial charge in [0.2, 0.25) is 0 Å². The summed E-state index contributed by atoms with van der Waals surface area (Å²) in [5.41, 5.74) is 3.59. The molecule has 0 saturated heterocycles. The van der Waals surface area contributed by atoms with Gasteiger partial charge in [0.05, 0.1) is 13.2 Å². The highest BCUT2D eigenvalue weighted by atomic mass is 16.5. The fraction of sp³-hybridized carbons (Fsp3) is 0.280. The molecule has 146 valence electrons. The first-order valence-electron chi connectivity index (χ1n) is 9.91. The number of rotatable bonds is 10. The van der Waals surface area contributed by atoms with Crippen molar-refractivity contribution in [3.8, 4) is 11.5 Å². The fourth-order valence-electron chi connectivity index (χ4n) is 2.77. The summed E-state index contributed by atoms with van der Waals surface area (Å²) in [6.07, 6.45) is 0.914. The Balaban J connectivity index is 1.41. The normalized spacial score (nSPS) is 10.7. The summed E-state index contributed by atoms with van der Waals surface area (Å²) < 4.78 is 11.6. The molecule has 28 heavy (non-hydrogen) atoms. The topological polar surface area (TPSA) is 30.5 Å². The van der Waals surface area contributed by atoms with Gasteiger partial charge in [0.15, 0.2) is 0 Å². The third kappa shape index (κ3) is 6.66. The second kappa shape index (κ2) is 10.4. The van der Waals surface area contributed by atoms with Gasteiger partial charge in [-0.25, -0.2) is 0 Å². The quantitative estimate of drug-likeness (QED) is 0.474. The van der Waals surface area contributed by atoms with Crippen molar-refractivity contribution in [2.24, 2.45) is 5.92 Å². The molecular weight excluding hydrogens is 346 g/mol. The van der Waals surface area contributed by atoms with Gasteiger partial charge in [0.25, 0.3) is 0 Å². The van der Waals surface area contributed by atoms with E-state index in [1.165, 1.54) is 11.1 Å². The summed E-state index contributed by atoms with van der Waals surface area (Å²) in [4.78, 5) is 0. The zero-order valence-corrected chi connectivity index (χ0v) is 16.7. The number of ether oxygens (including phenoxy) is 2. The maximum atomic E-state index is 5.84. The number of hydrogen-bond donors (Lipinski definition) is 1. The molecule has 1 N–H and O–H groups in total. The molecule has 3 nitrogen and oxygen atoms in total. The molecule has 3 aromatic rings. The Morgan fingerprint density at radius 3 is 2.04 bits per heavy atom. The molecular formula is C25H29NO2. The Bertz CT molecular complexity index is 811. The predicted molar refractivity (Wildman–Crippen MR) is 116 cm³/mol. The summed E-state index contributed by atoms with van der Waals surface area (Å²) in [7, 11) is 0. The molecule has 0 aromatic heterocycles. The van der Waals surface area contributed by atoms with E-state index in [0.717, 1.165) is 36.8 Å². The van der Waals surface area contributed by atoms with Crippen LogP contribution in [0.4, 0.5) is 5.69 Å². The summed E-state index contributed by atoms with van der Waals surface area (Å²) in [6.45, 7) is 6.51. The van der Waals surface area contributed by atoms with E-state index >= 15 is 0 Å². The van der Waals surface area contributed by atoms with Gasteiger partial charge in [-0.2, -0.15) is 0 Å². The average Bonchev–Trinajstić information content (AvgIpc) is 2.73. The Hall–Kier alpha value is -2.94. The molecule has 0 heterocycles. The van der Waals surface area contributed by atoms with Crippen LogP contribution >= 0.6 is 0 Å². The third-order valence-electron chi connectivity index (χ3n) is 4.36. The lowest BCUT2D eigenvalue weighted by molar-refractivity contribution is 0.271. The molecule has 0 aliphatic carbocycles. The van der Waals surface area contributed by atoms with Crippen LogP contribution in [0.2, 0.25) is 0 Å². The van der Waals surface area contributed by atoms with Gasteiger partial charge >= 0.3 is 0 Å². The van der Waals surface area contributed by atoms with Gasteiger partial charge in [-0.15, -0.1) is 0 Å². The van der Waals surface area contributed by atoms with Crippen molar-refractivity contribution in [3.63, 3.8) is 0 Å². The van der Waals surface area contributed by atoms with Crippen LogP contribution in [-0.2, 0) is 13.0 Å². The van der Waals surface area contributed by atoms with Crippen molar-refractivity contribution in [2.45, 2.75) is 26.8 Å². The summed E-state index contributed by atoms with van der Waals surface area (Å²) in [5, 5.41) is 3.44. The molecule has 3 aromatic carbocycles. The van der Waals surface area contributed by atoms with Crippen molar-refractivity contribution in [3.05, 3.63) is 90.0 Å². The Morgan fingerprint density at radius 1 is 0.714 bits per heavy atom. The highest BCUT2D eigenvalue weighted by molar-refractivity contribution is 5.47. The van der Waals surface area contributed by atoms with E-state index in [0.29, 0.717) is 12.5 Å². The smallest absolute Gasteiger partial charge is 0.119 e. The van der Waals surface area contributed by atoms with Crippen molar-refractivity contribution >= 4 is 5.69 Å². The van der Waals surface area contributed by atoms with Gasteiger partial charge in [-0.1, -0.05) is 56.3 Å². The lowest BCUT2D eigenvalue weighted by atomic mass is 10.2. The van der Waals surface area contributed by atoms with E-state index in [1.807, 2.05) is 30.3 Å². The van der Waals surface area contributed by atoms with Gasteiger partial charge in [0.1, 0.15) is 11.5 Å². The minimum absolute atomic E-state index is 0.534. The first kappa shape index (κ1) is 19.8. The molecule has 0 unspecified atom stereocenters. The van der Waals surface area contributed by atoms with E-state index in [1.54, 1.807) is 0 Å². The molecule has 0 aliphatic heterocycles. The molecule has 3 rings (SSSR count). The van der Waals surface area contributed by atoms with E-state index in [9.17, 15) is 0 Å². The van der Waals surface area contributed by atoms with Crippen LogP contribution in [0.25, 0.3) is 0 Å². The third-order valence-corrected chi connectivity index (χ3v) is 4.36. The maximum Gasteiger partial charge on any atom is 0.119 e. The van der Waals surface area contributed by atoms with E-state index in [-0.39, 0.29) is 0 Å². The summed E-state index contributed by atoms with van der Waals surface area (Å²) in [5.74, 6) is 2.36. The predicted octanol–water partition coefficient (Wildman–Crippen LogP) is 5.96. The van der Waals surface area contributed by atoms with Crippen LogP contribution < -0.4 is 14.8 Å². The number of benzene rings is 3. The minimum Gasteiger partial charge on any atom is -0.493 e. The van der Waals surface area contributed by atoms with E-state index in [2.05, 4.69) is 67.7 Å². The van der Waals surface area contributed by atoms with Gasteiger partial charge in [0, 0.05) is 18.7 Å². The van der Waals surface area contributed by atoms with Gasteiger partial charge < -0.3 is 14.8 Å². The van der Waals surface area contributed by atoms with Crippen molar-refractivity contribution in [2.75, 3.05) is 18.5 Å². The van der Waals surface area contributed by atoms with Crippen LogP contribution in [0.15, 0.2) is 78.9 Å². The first-order valence-corrected chi connectivity index (χ1v) is 9.91. The van der Waals surface area contributed by atoms with Crippen molar-refractivity contribution in [1.82, 2.24) is 0 Å². The Kier molecular flexibility index (Phi) is 7.36. The Labute approximate surface area is 168 Å². The number of anilines is 1. The number of hydrogen-bond acceptors (Lipinski definition) is 3. The Morgan fingerprint density at radius 2 is 1.36 bits per heavy atom. The largest absolute Gasteiger partial charge is 0.493 e. The van der Waals surface area contributed by atoms with E-state index < -0.39 is 0 Å². The van der Waals surface area contributed by atoms with Crippen molar-refractivity contribution < 1.29 is 9.47 Å². The molecule has 0 saturated carbocycles. The molecule has 0 amide bonds. The fourth-order valence-corrected chi connectivity index (χ4v) is 2.77.